The Balaban J connectivity index is 1.65. The van der Waals surface area contributed by atoms with E-state index in [4.69, 9.17) is 9.47 Å². The molecule has 0 amide bonds. The fraction of sp³-hybridized carbons (Fsp3) is 0.600. The fourth-order valence-corrected chi connectivity index (χ4v) is 3.45. The van der Waals surface area contributed by atoms with Gasteiger partial charge in [-0.15, -0.1) is 0 Å². The van der Waals surface area contributed by atoms with Crippen LogP contribution in [0.3, 0.4) is 0 Å². The highest BCUT2D eigenvalue weighted by Crippen LogP contribution is 2.35. The van der Waals surface area contributed by atoms with Crippen LogP contribution in [0.4, 0.5) is 17.6 Å². The first-order valence-electron chi connectivity index (χ1n) is 9.48. The van der Waals surface area contributed by atoms with Gasteiger partial charge in [-0.1, -0.05) is 6.08 Å². The van der Waals surface area contributed by atoms with E-state index in [9.17, 15) is 22.7 Å². The molecule has 1 unspecified atom stereocenters. The number of alkyl halides is 4. The maximum atomic E-state index is 13.3. The molecular formula is C20H25F4NO3. The van der Waals surface area contributed by atoms with Crippen LogP contribution in [0.15, 0.2) is 24.3 Å². The van der Waals surface area contributed by atoms with Crippen LogP contribution < -0.4 is 4.74 Å². The highest BCUT2D eigenvalue weighted by molar-refractivity contribution is 5.68. The Morgan fingerprint density at radius 2 is 1.96 bits per heavy atom. The molecule has 2 heterocycles. The molecule has 1 fully saturated rings. The average molecular weight is 403 g/mol. The van der Waals surface area contributed by atoms with Gasteiger partial charge in [0.15, 0.2) is 0 Å². The number of hydrogen-bond acceptors (Lipinski definition) is 4. The van der Waals surface area contributed by atoms with E-state index in [1.165, 1.54) is 0 Å². The van der Waals surface area contributed by atoms with Crippen LogP contribution in [-0.4, -0.2) is 61.7 Å². The molecule has 28 heavy (non-hydrogen) atoms. The standard InChI is InChI=1S/C20H25F4NO3/c21-17-1-5-25(6-2-17)12-18(26)13-28-19-10-15(14-3-7-27-8-4-14)9-16(11-19)20(22,23)24/h3,9-11,17-18,26H,1-2,4-8,12-13H2. The van der Waals surface area contributed by atoms with Crippen molar-refractivity contribution in [2.75, 3.05) is 39.5 Å². The Morgan fingerprint density at radius 1 is 1.21 bits per heavy atom. The summed E-state index contributed by atoms with van der Waals surface area (Å²) in [6.45, 7) is 2.13. The van der Waals surface area contributed by atoms with Crippen molar-refractivity contribution in [2.24, 2.45) is 0 Å². The lowest BCUT2D eigenvalue weighted by molar-refractivity contribution is -0.137. The second kappa shape index (κ2) is 9.24. The number of β-amino-alcohol motifs (C(OH)–C–C–N with tert-alkyl or cyclic N) is 1. The minimum atomic E-state index is -4.49. The Hall–Kier alpha value is -1.64. The maximum Gasteiger partial charge on any atom is 0.416 e. The van der Waals surface area contributed by atoms with Gasteiger partial charge >= 0.3 is 6.18 Å². The van der Waals surface area contributed by atoms with E-state index in [2.05, 4.69) is 0 Å². The normalized spacial score (nSPS) is 20.7. The van der Waals surface area contributed by atoms with Crippen molar-refractivity contribution in [3.8, 4) is 5.75 Å². The van der Waals surface area contributed by atoms with Crippen LogP contribution in [0.1, 0.15) is 30.4 Å². The minimum Gasteiger partial charge on any atom is -0.491 e. The lowest BCUT2D eigenvalue weighted by atomic mass is 9.99. The Morgan fingerprint density at radius 3 is 2.61 bits per heavy atom. The van der Waals surface area contributed by atoms with Gasteiger partial charge in [-0.3, -0.25) is 0 Å². The SMILES string of the molecule is OC(COc1cc(C2=CCOCC2)cc(C(F)(F)F)c1)CN1CCC(F)CC1. The van der Waals surface area contributed by atoms with Crippen molar-refractivity contribution >= 4 is 5.57 Å². The van der Waals surface area contributed by atoms with Crippen LogP contribution >= 0.6 is 0 Å². The fourth-order valence-electron chi connectivity index (χ4n) is 3.45. The Kier molecular flexibility index (Phi) is 6.95. The van der Waals surface area contributed by atoms with E-state index in [0.29, 0.717) is 57.7 Å². The van der Waals surface area contributed by atoms with Gasteiger partial charge in [0.05, 0.1) is 18.8 Å². The van der Waals surface area contributed by atoms with Gasteiger partial charge in [0.25, 0.3) is 0 Å². The topological polar surface area (TPSA) is 41.9 Å². The van der Waals surface area contributed by atoms with Crippen LogP contribution in [0.25, 0.3) is 5.57 Å². The van der Waals surface area contributed by atoms with E-state index < -0.39 is 24.0 Å². The second-order valence-corrected chi connectivity index (χ2v) is 7.24. The number of aliphatic hydroxyl groups is 1. The molecule has 3 rings (SSSR count). The number of benzene rings is 1. The van der Waals surface area contributed by atoms with Gasteiger partial charge in [0.1, 0.15) is 24.6 Å². The summed E-state index contributed by atoms with van der Waals surface area (Å²) in [4.78, 5) is 1.94. The predicted octanol–water partition coefficient (Wildman–Crippen LogP) is 3.68. The number of ether oxygens (including phenoxy) is 2. The van der Waals surface area contributed by atoms with Crippen molar-refractivity contribution in [1.82, 2.24) is 4.90 Å². The summed E-state index contributed by atoms with van der Waals surface area (Å²) in [5.74, 6) is 0.0683. The molecule has 156 valence electrons. The number of piperidine rings is 1. The van der Waals surface area contributed by atoms with Crippen LogP contribution in [0.5, 0.6) is 5.75 Å². The Labute approximate surface area is 161 Å². The number of likely N-dealkylation sites (tertiary alicyclic amines) is 1. The Bertz CT molecular complexity index is 685. The first-order valence-corrected chi connectivity index (χ1v) is 9.48. The molecule has 2 aliphatic rings. The molecule has 4 nitrogen and oxygen atoms in total. The van der Waals surface area contributed by atoms with Gasteiger partial charge in [-0.2, -0.15) is 13.2 Å². The molecule has 0 radical (unpaired) electrons. The van der Waals surface area contributed by atoms with Crippen molar-refractivity contribution in [3.05, 3.63) is 35.4 Å². The van der Waals surface area contributed by atoms with E-state index in [-0.39, 0.29) is 12.4 Å². The summed E-state index contributed by atoms with van der Waals surface area (Å²) in [7, 11) is 0. The molecule has 1 atom stereocenters. The predicted molar refractivity (Wildman–Crippen MR) is 96.9 cm³/mol. The monoisotopic (exact) mass is 403 g/mol. The van der Waals surface area contributed by atoms with Crippen molar-refractivity contribution in [3.63, 3.8) is 0 Å². The molecule has 1 N–H and O–H groups in total. The minimum absolute atomic E-state index is 0.0683. The third-order valence-corrected chi connectivity index (χ3v) is 5.00. The first kappa shape index (κ1) is 21.1. The smallest absolute Gasteiger partial charge is 0.416 e. The summed E-state index contributed by atoms with van der Waals surface area (Å²) in [6.07, 6.45) is -2.98. The van der Waals surface area contributed by atoms with E-state index >= 15 is 0 Å². The van der Waals surface area contributed by atoms with Crippen LogP contribution in [0.2, 0.25) is 0 Å². The number of aliphatic hydroxyl groups excluding tert-OH is 1. The van der Waals surface area contributed by atoms with Gasteiger partial charge < -0.3 is 19.5 Å². The van der Waals surface area contributed by atoms with Gasteiger partial charge in [0, 0.05) is 19.6 Å². The lowest BCUT2D eigenvalue weighted by Crippen LogP contribution is -2.41. The summed E-state index contributed by atoms with van der Waals surface area (Å²) < 4.78 is 63.7. The van der Waals surface area contributed by atoms with Gasteiger partial charge in [-0.25, -0.2) is 4.39 Å². The van der Waals surface area contributed by atoms with Gasteiger partial charge in [-0.05, 0) is 48.6 Å². The van der Waals surface area contributed by atoms with E-state index in [0.717, 1.165) is 17.7 Å². The number of halogens is 4. The molecule has 0 spiro atoms. The van der Waals surface area contributed by atoms with Crippen molar-refractivity contribution < 1.29 is 32.1 Å². The third kappa shape index (κ3) is 5.93. The molecule has 1 aromatic rings. The summed E-state index contributed by atoms with van der Waals surface area (Å²) >= 11 is 0. The molecule has 0 aromatic heterocycles. The average Bonchev–Trinajstić information content (AvgIpc) is 2.68. The number of hydrogen-bond donors (Lipinski definition) is 1. The number of nitrogens with zero attached hydrogens (tertiary/aromatic N) is 1. The molecule has 0 aliphatic carbocycles. The highest BCUT2D eigenvalue weighted by Gasteiger charge is 2.32. The quantitative estimate of drug-likeness (QED) is 0.736. The zero-order chi connectivity index (χ0) is 20.1. The molecular weight excluding hydrogens is 378 g/mol. The molecule has 1 aromatic carbocycles. The largest absolute Gasteiger partial charge is 0.491 e. The molecule has 0 bridgehead atoms. The maximum absolute atomic E-state index is 13.3. The molecule has 8 heteroatoms. The zero-order valence-corrected chi connectivity index (χ0v) is 15.6. The highest BCUT2D eigenvalue weighted by atomic mass is 19.4. The van der Waals surface area contributed by atoms with Crippen LogP contribution in [-0.2, 0) is 10.9 Å². The van der Waals surface area contributed by atoms with Gasteiger partial charge in [0.2, 0.25) is 0 Å². The van der Waals surface area contributed by atoms with Crippen molar-refractivity contribution in [2.45, 2.75) is 37.7 Å². The molecule has 0 saturated carbocycles. The van der Waals surface area contributed by atoms with E-state index in [1.54, 1.807) is 12.1 Å². The third-order valence-electron chi connectivity index (χ3n) is 5.00. The molecule has 1 saturated heterocycles. The summed E-state index contributed by atoms with van der Waals surface area (Å²) in [5.41, 5.74) is 0.455. The van der Waals surface area contributed by atoms with E-state index in [1.807, 2.05) is 4.90 Å². The summed E-state index contributed by atoms with van der Waals surface area (Å²) in [5, 5.41) is 10.2. The first-order chi connectivity index (χ1) is 13.3. The number of rotatable bonds is 6. The lowest BCUT2D eigenvalue weighted by Gasteiger charge is -2.30. The van der Waals surface area contributed by atoms with Crippen molar-refractivity contribution in [1.29, 1.82) is 0 Å². The summed E-state index contributed by atoms with van der Waals surface area (Å²) in [6, 6.07) is 3.62. The second-order valence-electron chi connectivity index (χ2n) is 7.24. The zero-order valence-electron chi connectivity index (χ0n) is 15.6. The van der Waals surface area contributed by atoms with Crippen LogP contribution in [0, 0.1) is 0 Å². The molecule has 2 aliphatic heterocycles.